The molecule has 0 bridgehead atoms. The molecule has 0 nitrogen and oxygen atoms in total. The number of terminal acetylenes is 1. The van der Waals surface area contributed by atoms with Crippen molar-refractivity contribution in [2.75, 3.05) is 0 Å². The predicted octanol–water partition coefficient (Wildman–Crippen LogP) is 11.9. The van der Waals surface area contributed by atoms with Gasteiger partial charge in [0, 0.05) is 5.41 Å². The van der Waals surface area contributed by atoms with Crippen molar-refractivity contribution in [1.82, 2.24) is 0 Å². The Hall–Kier alpha value is -5.58. The van der Waals surface area contributed by atoms with Gasteiger partial charge in [-0.15, -0.1) is 13.0 Å². The van der Waals surface area contributed by atoms with Crippen LogP contribution in [0.25, 0.3) is 27.5 Å². The number of allylic oxidation sites excluding steroid dienone is 16. The maximum absolute atomic E-state index is 5.92. The first-order valence-corrected chi connectivity index (χ1v) is 19.0. The summed E-state index contributed by atoms with van der Waals surface area (Å²) < 4.78 is 0. The second-order valence-electron chi connectivity index (χ2n) is 14.9. The van der Waals surface area contributed by atoms with Crippen LogP contribution in [0.3, 0.4) is 0 Å². The topological polar surface area (TPSA) is 0 Å². The normalized spacial score (nSPS) is 16.5. The molecule has 4 aromatic rings. The molecule has 262 valence electrons. The van der Waals surface area contributed by atoms with E-state index in [1.807, 2.05) is 12.2 Å². The van der Waals surface area contributed by atoms with Gasteiger partial charge in [-0.1, -0.05) is 199 Å². The summed E-state index contributed by atoms with van der Waals surface area (Å²) in [5.41, 5.74) is 14.8. The van der Waals surface area contributed by atoms with Crippen molar-refractivity contribution in [2.24, 2.45) is 5.41 Å². The quantitative estimate of drug-likeness (QED) is 0.0602. The molecule has 1 heteroatoms. The SMILES string of the molecule is C#C/C=C(\C=C1/CC(CCC=C)=CC1(C)C)c1ccc(B(c2ccc(C(=C)/C=C\C(C)=C/C)cc2)c2ccc(C3=CCCC=C3)c3ccccc23)cc1. The second kappa shape index (κ2) is 16.8. The average molecular weight is 687 g/mol. The van der Waals surface area contributed by atoms with E-state index < -0.39 is 0 Å². The van der Waals surface area contributed by atoms with E-state index >= 15 is 0 Å². The van der Waals surface area contributed by atoms with Gasteiger partial charge >= 0.3 is 0 Å². The number of hydrogen-bond donors (Lipinski definition) is 0. The highest BCUT2D eigenvalue weighted by molar-refractivity contribution is 6.96. The molecular weight excluding hydrogens is 635 g/mol. The summed E-state index contributed by atoms with van der Waals surface area (Å²) in [6.45, 7) is 17.1. The molecule has 53 heavy (non-hydrogen) atoms. The maximum Gasteiger partial charge on any atom is 0.241 e. The Morgan fingerprint density at radius 3 is 2.23 bits per heavy atom. The van der Waals surface area contributed by atoms with E-state index in [0.717, 1.165) is 54.4 Å². The van der Waals surface area contributed by atoms with Crippen LogP contribution >= 0.6 is 0 Å². The summed E-state index contributed by atoms with van der Waals surface area (Å²) in [5, 5.41) is 2.56. The molecule has 2 aliphatic carbocycles. The zero-order valence-corrected chi connectivity index (χ0v) is 32.0. The molecule has 0 aliphatic heterocycles. The van der Waals surface area contributed by atoms with E-state index in [4.69, 9.17) is 6.42 Å². The van der Waals surface area contributed by atoms with Crippen LogP contribution in [0.1, 0.15) is 76.5 Å². The van der Waals surface area contributed by atoms with Crippen molar-refractivity contribution in [3.8, 4) is 12.3 Å². The zero-order chi connectivity index (χ0) is 37.4. The number of hydrogen-bond acceptors (Lipinski definition) is 0. The summed E-state index contributed by atoms with van der Waals surface area (Å²) >= 11 is 0. The van der Waals surface area contributed by atoms with Crippen LogP contribution in [0.4, 0.5) is 0 Å². The van der Waals surface area contributed by atoms with Crippen molar-refractivity contribution in [3.63, 3.8) is 0 Å². The Morgan fingerprint density at radius 2 is 1.58 bits per heavy atom. The van der Waals surface area contributed by atoms with Crippen molar-refractivity contribution >= 4 is 50.6 Å². The van der Waals surface area contributed by atoms with E-state index in [2.05, 4.69) is 180 Å². The Bertz CT molecular complexity index is 2260. The highest BCUT2D eigenvalue weighted by Gasteiger charge is 2.29. The average Bonchev–Trinajstić information content (AvgIpc) is 3.48. The highest BCUT2D eigenvalue weighted by atomic mass is 14.3. The van der Waals surface area contributed by atoms with Crippen molar-refractivity contribution in [2.45, 2.75) is 59.8 Å². The largest absolute Gasteiger partial charge is 0.241 e. The molecule has 0 saturated carbocycles. The number of rotatable bonds is 12. The Labute approximate surface area is 319 Å². The Balaban J connectivity index is 1.42. The van der Waals surface area contributed by atoms with Crippen LogP contribution in [-0.4, -0.2) is 6.71 Å². The highest BCUT2D eigenvalue weighted by Crippen LogP contribution is 2.43. The predicted molar refractivity (Wildman–Crippen MR) is 236 cm³/mol. The summed E-state index contributed by atoms with van der Waals surface area (Å²) in [6, 6.07) is 31.6. The monoisotopic (exact) mass is 686 g/mol. The van der Waals surface area contributed by atoms with E-state index in [0.29, 0.717) is 0 Å². The van der Waals surface area contributed by atoms with Gasteiger partial charge in [0.25, 0.3) is 0 Å². The summed E-state index contributed by atoms with van der Waals surface area (Å²) in [7, 11) is 0. The molecule has 0 saturated heterocycles. The smallest absolute Gasteiger partial charge is 0.115 e. The molecule has 0 fully saturated rings. The minimum absolute atomic E-state index is 0.00923. The fourth-order valence-electron chi connectivity index (χ4n) is 7.67. The van der Waals surface area contributed by atoms with E-state index in [-0.39, 0.29) is 12.1 Å². The molecule has 0 unspecified atom stereocenters. The molecule has 0 radical (unpaired) electrons. The van der Waals surface area contributed by atoms with Gasteiger partial charge in [0.2, 0.25) is 6.71 Å². The first-order valence-electron chi connectivity index (χ1n) is 19.0. The molecule has 0 amide bonds. The Morgan fingerprint density at radius 1 is 0.887 bits per heavy atom. The third-order valence-corrected chi connectivity index (χ3v) is 10.8. The fraction of sp³-hybridized carbons (Fsp3) is 0.192. The van der Waals surface area contributed by atoms with Crippen LogP contribution < -0.4 is 16.4 Å². The van der Waals surface area contributed by atoms with E-state index in [1.165, 1.54) is 55.0 Å². The van der Waals surface area contributed by atoms with Gasteiger partial charge in [-0.05, 0) is 96.2 Å². The van der Waals surface area contributed by atoms with Crippen molar-refractivity contribution in [1.29, 1.82) is 0 Å². The van der Waals surface area contributed by atoms with Gasteiger partial charge in [0.15, 0.2) is 0 Å². The van der Waals surface area contributed by atoms with Gasteiger partial charge < -0.3 is 0 Å². The zero-order valence-electron chi connectivity index (χ0n) is 32.0. The maximum atomic E-state index is 5.92. The molecule has 0 spiro atoms. The van der Waals surface area contributed by atoms with Gasteiger partial charge in [0.1, 0.15) is 0 Å². The van der Waals surface area contributed by atoms with Crippen LogP contribution in [0.2, 0.25) is 0 Å². The Kier molecular flexibility index (Phi) is 11.8. The third-order valence-electron chi connectivity index (χ3n) is 10.8. The minimum Gasteiger partial charge on any atom is -0.115 e. The van der Waals surface area contributed by atoms with Gasteiger partial charge in [-0.2, -0.15) is 0 Å². The molecule has 4 aromatic carbocycles. The molecule has 2 aliphatic rings. The molecule has 0 aromatic heterocycles. The third kappa shape index (κ3) is 8.57. The van der Waals surface area contributed by atoms with Crippen LogP contribution in [0, 0.1) is 17.8 Å². The molecule has 0 heterocycles. The number of fused-ring (bicyclic) bond motifs is 1. The lowest BCUT2D eigenvalue weighted by Gasteiger charge is -2.21. The fourth-order valence-corrected chi connectivity index (χ4v) is 7.67. The van der Waals surface area contributed by atoms with E-state index in [1.54, 1.807) is 0 Å². The van der Waals surface area contributed by atoms with Crippen molar-refractivity contribution < 1.29 is 0 Å². The van der Waals surface area contributed by atoms with Gasteiger partial charge in [-0.25, -0.2) is 0 Å². The lowest BCUT2D eigenvalue weighted by atomic mass is 9.36. The van der Waals surface area contributed by atoms with Crippen LogP contribution in [-0.2, 0) is 0 Å². The molecular formula is C52H51B. The molecule has 6 rings (SSSR count). The van der Waals surface area contributed by atoms with Gasteiger partial charge in [-0.3, -0.25) is 0 Å². The summed E-state index contributed by atoms with van der Waals surface area (Å²) in [4.78, 5) is 0. The van der Waals surface area contributed by atoms with Crippen LogP contribution in [0.5, 0.6) is 0 Å². The summed E-state index contributed by atoms with van der Waals surface area (Å²) in [5.74, 6) is 2.83. The second-order valence-corrected chi connectivity index (χ2v) is 14.9. The first kappa shape index (κ1) is 37.2. The van der Waals surface area contributed by atoms with E-state index in [9.17, 15) is 0 Å². The molecule has 0 N–H and O–H groups in total. The summed E-state index contributed by atoms with van der Waals surface area (Å²) in [6.07, 6.45) is 33.1. The standard InChI is InChI=1S/C52H51B/c1-8-11-18-40-35-45(52(6,7)37-40)36-44(17-9-2)42-27-31-47(32-28-42)53(46-29-25-41(26-30-46)39(5)24-23-38(4)10-3)51-34-33-48(43-19-13-12-14-20-43)49-21-15-16-22-50(49)51/h2,8,10,13,15-17,19-34,36-37H,1,5,11-12,14,18,35H2,3-4,6-7H3/b24-23-,38-10-,44-17+,45-36+. The van der Waals surface area contributed by atoms with Crippen LogP contribution in [0.15, 0.2) is 176 Å². The number of benzene rings is 4. The van der Waals surface area contributed by atoms with Crippen molar-refractivity contribution in [3.05, 3.63) is 192 Å². The lowest BCUT2D eigenvalue weighted by Crippen LogP contribution is -2.52. The first-order chi connectivity index (χ1) is 25.7. The molecule has 0 atom stereocenters. The lowest BCUT2D eigenvalue weighted by molar-refractivity contribution is 0.592. The van der Waals surface area contributed by atoms with Gasteiger partial charge in [0.05, 0.1) is 0 Å². The minimum atomic E-state index is -0.00923.